The van der Waals surface area contributed by atoms with Gasteiger partial charge < -0.3 is 0 Å². The lowest BCUT2D eigenvalue weighted by Gasteiger charge is -2.10. The predicted molar refractivity (Wildman–Crippen MR) is 78.8 cm³/mol. The van der Waals surface area contributed by atoms with Crippen LogP contribution in [0.2, 0.25) is 0 Å². The normalized spacial score (nSPS) is 13.1. The van der Waals surface area contributed by atoms with Gasteiger partial charge in [0.1, 0.15) is 0 Å². The van der Waals surface area contributed by atoms with E-state index in [9.17, 15) is 0 Å². The third kappa shape index (κ3) is 6.11. The maximum atomic E-state index is 2.24. The monoisotopic (exact) mass is 228 g/mol. The fraction of sp³-hybridized carbons (Fsp3) is 0.412. The Labute approximate surface area is 106 Å². The van der Waals surface area contributed by atoms with Crippen LogP contribution in [-0.4, -0.2) is 0 Å². The molecule has 0 radical (unpaired) electrons. The van der Waals surface area contributed by atoms with Gasteiger partial charge in [0.15, 0.2) is 0 Å². The summed E-state index contributed by atoms with van der Waals surface area (Å²) >= 11 is 0. The average molecular weight is 228 g/mol. The lowest BCUT2D eigenvalue weighted by atomic mass is 9.95. The molecular formula is C17H24. The van der Waals surface area contributed by atoms with Crippen LogP contribution in [0.4, 0.5) is 0 Å². The smallest absolute Gasteiger partial charge is 0.0200 e. The third-order valence-electron chi connectivity index (χ3n) is 2.39. The zero-order chi connectivity index (χ0) is 12.9. The molecule has 17 heavy (non-hydrogen) atoms. The predicted octanol–water partition coefficient (Wildman–Crippen LogP) is 5.42. The molecule has 0 spiro atoms. The van der Waals surface area contributed by atoms with Crippen LogP contribution in [0, 0.1) is 11.3 Å². The summed E-state index contributed by atoms with van der Waals surface area (Å²) in [5.41, 5.74) is 2.78. The summed E-state index contributed by atoms with van der Waals surface area (Å²) in [5.74, 6) is 0.607. The molecule has 0 nitrogen and oxygen atoms in total. The molecule has 0 aliphatic rings. The number of hydrogen-bond acceptors (Lipinski definition) is 0. The van der Waals surface area contributed by atoms with Gasteiger partial charge in [-0.1, -0.05) is 83.2 Å². The standard InChI is InChI=1S/C17H24/c1-14(2)6-7-15-8-10-16(11-9-15)12-13-17(3,4)5/h6-14H,1-5H3. The van der Waals surface area contributed by atoms with E-state index in [1.807, 2.05) is 0 Å². The molecule has 0 aliphatic carbocycles. The zero-order valence-electron chi connectivity index (χ0n) is 11.7. The average Bonchev–Trinajstić information content (AvgIpc) is 2.24. The van der Waals surface area contributed by atoms with Crippen molar-refractivity contribution >= 4 is 12.2 Å². The molecule has 0 saturated heterocycles. The quantitative estimate of drug-likeness (QED) is 0.648. The first-order valence-electron chi connectivity index (χ1n) is 6.34. The fourth-order valence-electron chi connectivity index (χ4n) is 1.37. The van der Waals surface area contributed by atoms with Gasteiger partial charge in [0.25, 0.3) is 0 Å². The second kappa shape index (κ2) is 5.86. The van der Waals surface area contributed by atoms with E-state index in [0.29, 0.717) is 5.92 Å². The Morgan fingerprint density at radius 3 is 1.76 bits per heavy atom. The molecule has 0 fully saturated rings. The van der Waals surface area contributed by atoms with Gasteiger partial charge in [-0.2, -0.15) is 0 Å². The Hall–Kier alpha value is -1.30. The van der Waals surface area contributed by atoms with Crippen molar-refractivity contribution in [2.75, 3.05) is 0 Å². The molecule has 0 atom stereocenters. The largest absolute Gasteiger partial charge is 0.0814 e. The molecule has 0 aliphatic heterocycles. The number of rotatable bonds is 3. The highest BCUT2D eigenvalue weighted by atomic mass is 14.1. The molecule has 0 saturated carbocycles. The molecule has 0 heterocycles. The van der Waals surface area contributed by atoms with E-state index in [1.54, 1.807) is 0 Å². The van der Waals surface area contributed by atoms with E-state index in [1.165, 1.54) is 11.1 Å². The van der Waals surface area contributed by atoms with Crippen LogP contribution in [0.25, 0.3) is 12.2 Å². The first-order valence-corrected chi connectivity index (χ1v) is 6.34. The number of benzene rings is 1. The molecule has 1 rings (SSSR count). The van der Waals surface area contributed by atoms with Gasteiger partial charge in [0, 0.05) is 0 Å². The van der Waals surface area contributed by atoms with Crippen molar-refractivity contribution in [2.24, 2.45) is 11.3 Å². The Balaban J connectivity index is 2.72. The molecule has 92 valence electrons. The minimum absolute atomic E-state index is 0.246. The van der Waals surface area contributed by atoms with Gasteiger partial charge in [0.2, 0.25) is 0 Å². The minimum atomic E-state index is 0.246. The summed E-state index contributed by atoms with van der Waals surface area (Å²) in [5, 5.41) is 0. The van der Waals surface area contributed by atoms with Crippen molar-refractivity contribution in [2.45, 2.75) is 34.6 Å². The van der Waals surface area contributed by atoms with Crippen molar-refractivity contribution in [1.82, 2.24) is 0 Å². The van der Waals surface area contributed by atoms with Crippen molar-refractivity contribution in [3.8, 4) is 0 Å². The molecule has 1 aromatic rings. The molecule has 0 amide bonds. The lowest BCUT2D eigenvalue weighted by molar-refractivity contribution is 0.547. The highest BCUT2D eigenvalue weighted by Crippen LogP contribution is 2.17. The number of allylic oxidation sites excluding steroid dienone is 2. The van der Waals surface area contributed by atoms with E-state index >= 15 is 0 Å². The molecule has 0 bridgehead atoms. The first kappa shape index (κ1) is 13.8. The van der Waals surface area contributed by atoms with E-state index in [4.69, 9.17) is 0 Å². The molecule has 1 aromatic carbocycles. The second-order valence-electron chi connectivity index (χ2n) is 5.97. The van der Waals surface area contributed by atoms with E-state index in [0.717, 1.165) is 0 Å². The Morgan fingerprint density at radius 2 is 1.35 bits per heavy atom. The van der Waals surface area contributed by atoms with Crippen LogP contribution in [0.5, 0.6) is 0 Å². The van der Waals surface area contributed by atoms with Gasteiger partial charge in [-0.05, 0) is 22.5 Å². The maximum Gasteiger partial charge on any atom is -0.0200 e. The van der Waals surface area contributed by atoms with Crippen molar-refractivity contribution in [1.29, 1.82) is 0 Å². The van der Waals surface area contributed by atoms with Crippen LogP contribution in [0.1, 0.15) is 45.7 Å². The first-order chi connectivity index (χ1) is 7.87. The molecule has 0 unspecified atom stereocenters. The van der Waals surface area contributed by atoms with E-state index in [-0.39, 0.29) is 5.41 Å². The Morgan fingerprint density at radius 1 is 0.882 bits per heavy atom. The van der Waals surface area contributed by atoms with E-state index in [2.05, 4.69) is 83.2 Å². The Kier molecular flexibility index (Phi) is 4.74. The highest BCUT2D eigenvalue weighted by molar-refractivity contribution is 5.56. The fourth-order valence-corrected chi connectivity index (χ4v) is 1.37. The van der Waals surface area contributed by atoms with Crippen molar-refractivity contribution in [3.63, 3.8) is 0 Å². The summed E-state index contributed by atoms with van der Waals surface area (Å²) in [6.07, 6.45) is 8.84. The SMILES string of the molecule is CC(C)C=Cc1ccc(C=CC(C)(C)C)cc1. The van der Waals surface area contributed by atoms with Crippen LogP contribution in [0.3, 0.4) is 0 Å². The van der Waals surface area contributed by atoms with Crippen molar-refractivity contribution < 1.29 is 0 Å². The zero-order valence-corrected chi connectivity index (χ0v) is 11.7. The van der Waals surface area contributed by atoms with Gasteiger partial charge in [0.05, 0.1) is 0 Å². The minimum Gasteiger partial charge on any atom is -0.0814 e. The van der Waals surface area contributed by atoms with Crippen LogP contribution < -0.4 is 0 Å². The number of hydrogen-bond donors (Lipinski definition) is 0. The summed E-state index contributed by atoms with van der Waals surface area (Å²) in [7, 11) is 0. The van der Waals surface area contributed by atoms with Crippen molar-refractivity contribution in [3.05, 3.63) is 47.5 Å². The van der Waals surface area contributed by atoms with Crippen LogP contribution in [-0.2, 0) is 0 Å². The van der Waals surface area contributed by atoms with Gasteiger partial charge in [-0.25, -0.2) is 0 Å². The van der Waals surface area contributed by atoms with E-state index < -0.39 is 0 Å². The van der Waals surface area contributed by atoms with Crippen LogP contribution >= 0.6 is 0 Å². The molecule has 0 heteroatoms. The Bertz CT molecular complexity index is 383. The van der Waals surface area contributed by atoms with Gasteiger partial charge in [-0.15, -0.1) is 0 Å². The summed E-state index contributed by atoms with van der Waals surface area (Å²) in [6, 6.07) is 8.67. The molecule has 0 N–H and O–H groups in total. The lowest BCUT2D eigenvalue weighted by Crippen LogP contribution is -1.97. The molecule has 0 aromatic heterocycles. The summed E-state index contributed by atoms with van der Waals surface area (Å²) < 4.78 is 0. The maximum absolute atomic E-state index is 2.24. The summed E-state index contributed by atoms with van der Waals surface area (Å²) in [4.78, 5) is 0. The highest BCUT2D eigenvalue weighted by Gasteiger charge is 2.03. The second-order valence-corrected chi connectivity index (χ2v) is 5.97. The van der Waals surface area contributed by atoms with Crippen LogP contribution in [0.15, 0.2) is 36.4 Å². The van der Waals surface area contributed by atoms with Gasteiger partial charge >= 0.3 is 0 Å². The molecular weight excluding hydrogens is 204 g/mol. The topological polar surface area (TPSA) is 0 Å². The van der Waals surface area contributed by atoms with Gasteiger partial charge in [-0.3, -0.25) is 0 Å². The summed E-state index contributed by atoms with van der Waals surface area (Å²) in [6.45, 7) is 11.0. The third-order valence-corrected chi connectivity index (χ3v) is 2.39.